The molecule has 202 valence electrons. The van der Waals surface area contributed by atoms with E-state index >= 15 is 0 Å². The van der Waals surface area contributed by atoms with Crippen LogP contribution < -0.4 is 10.2 Å². The van der Waals surface area contributed by atoms with Crippen molar-refractivity contribution in [1.29, 1.82) is 0 Å². The highest BCUT2D eigenvalue weighted by Gasteiger charge is 2.23. The van der Waals surface area contributed by atoms with Gasteiger partial charge in [-0.15, -0.1) is 24.8 Å². The number of nitrogens with zero attached hydrogens (tertiary/aromatic N) is 4. The second-order valence-electron chi connectivity index (χ2n) is 9.25. The number of β-amino-alcohol motifs (C(OH)–C–C–N with tert-alkyl or cyclic N) is 1. The van der Waals surface area contributed by atoms with Crippen molar-refractivity contribution in [3.05, 3.63) is 76.6 Å². The van der Waals surface area contributed by atoms with Crippen LogP contribution in [0.4, 0.5) is 10.1 Å². The summed E-state index contributed by atoms with van der Waals surface area (Å²) in [5.41, 5.74) is 5.03. The van der Waals surface area contributed by atoms with E-state index in [1.807, 2.05) is 0 Å². The van der Waals surface area contributed by atoms with Crippen LogP contribution in [0.1, 0.15) is 33.1 Å². The first kappa shape index (κ1) is 30.6. The zero-order valence-electron chi connectivity index (χ0n) is 21.7. The molecule has 1 fully saturated rings. The van der Waals surface area contributed by atoms with Crippen LogP contribution in [0, 0.1) is 33.5 Å². The van der Waals surface area contributed by atoms with Crippen molar-refractivity contribution >= 4 is 36.4 Å². The third-order valence-electron chi connectivity index (χ3n) is 6.84. The summed E-state index contributed by atoms with van der Waals surface area (Å²) in [6.45, 7) is 11.9. The number of anilines is 1. The van der Waals surface area contributed by atoms with E-state index < -0.39 is 6.10 Å². The third kappa shape index (κ3) is 6.82. The van der Waals surface area contributed by atoms with Gasteiger partial charge >= 0.3 is 0 Å². The predicted molar refractivity (Wildman–Crippen MR) is 150 cm³/mol. The predicted octanol–water partition coefficient (Wildman–Crippen LogP) is 4.00. The minimum Gasteiger partial charge on any atom is -0.390 e. The number of amides is 1. The number of nitrogens with one attached hydrogen (secondary N) is 1. The lowest BCUT2D eigenvalue weighted by Crippen LogP contribution is -2.50. The Morgan fingerprint density at radius 3 is 2.32 bits per heavy atom. The van der Waals surface area contributed by atoms with Gasteiger partial charge in [-0.05, 0) is 57.0 Å². The second kappa shape index (κ2) is 13.2. The van der Waals surface area contributed by atoms with Crippen molar-refractivity contribution in [2.24, 2.45) is 0 Å². The quantitative estimate of drug-likeness (QED) is 0.464. The molecule has 0 saturated carbocycles. The molecule has 1 aliphatic rings. The number of aliphatic hydroxyl groups is 1. The maximum atomic E-state index is 14.3. The van der Waals surface area contributed by atoms with E-state index in [2.05, 4.69) is 52.1 Å². The van der Waals surface area contributed by atoms with Gasteiger partial charge in [0.25, 0.3) is 5.91 Å². The van der Waals surface area contributed by atoms with Crippen molar-refractivity contribution in [2.45, 2.75) is 33.8 Å². The minimum atomic E-state index is -0.693. The summed E-state index contributed by atoms with van der Waals surface area (Å²) in [6, 6.07) is 12.8. The van der Waals surface area contributed by atoms with Gasteiger partial charge in [-0.3, -0.25) is 14.3 Å². The number of para-hydroxylation sites is 1. The number of halogens is 3. The normalized spacial score (nSPS) is 14.5. The summed E-state index contributed by atoms with van der Waals surface area (Å²) >= 11 is 0. The molecule has 0 bridgehead atoms. The molecule has 0 radical (unpaired) electrons. The maximum absolute atomic E-state index is 14.3. The highest BCUT2D eigenvalue weighted by atomic mass is 35.5. The Kier molecular flexibility index (Phi) is 10.9. The zero-order valence-corrected chi connectivity index (χ0v) is 23.3. The van der Waals surface area contributed by atoms with Crippen LogP contribution in [0.5, 0.6) is 0 Å². The highest BCUT2D eigenvalue weighted by molar-refractivity contribution is 5.93. The average molecular weight is 553 g/mol. The zero-order chi connectivity index (χ0) is 25.1. The largest absolute Gasteiger partial charge is 0.390 e. The lowest BCUT2D eigenvalue weighted by atomic mass is 10.1. The second-order valence-corrected chi connectivity index (χ2v) is 9.25. The highest BCUT2D eigenvalue weighted by Crippen LogP contribution is 2.24. The Morgan fingerprint density at radius 1 is 1.00 bits per heavy atom. The molecule has 4 rings (SSSR count). The summed E-state index contributed by atoms with van der Waals surface area (Å²) < 4.78 is 15.9. The summed E-state index contributed by atoms with van der Waals surface area (Å²) in [5, 5.41) is 13.3. The molecule has 0 unspecified atom stereocenters. The molecule has 3 aromatic rings. The Morgan fingerprint density at radius 2 is 1.65 bits per heavy atom. The molecule has 0 aliphatic carbocycles. The van der Waals surface area contributed by atoms with Gasteiger partial charge in [0.1, 0.15) is 17.3 Å². The van der Waals surface area contributed by atoms with Gasteiger partial charge in [0.15, 0.2) is 0 Å². The summed E-state index contributed by atoms with van der Waals surface area (Å²) in [5.74, 6) is -0.226. The molecule has 1 saturated heterocycles. The molecule has 1 aliphatic heterocycles. The fraction of sp³-hybridized carbons (Fsp3) is 0.407. The van der Waals surface area contributed by atoms with E-state index in [4.69, 9.17) is 0 Å². The van der Waals surface area contributed by atoms with Crippen LogP contribution >= 0.6 is 24.8 Å². The van der Waals surface area contributed by atoms with Gasteiger partial charge in [0.05, 0.1) is 17.5 Å². The number of piperazine rings is 1. The van der Waals surface area contributed by atoms with E-state index in [0.29, 0.717) is 23.8 Å². The number of carbonyl (C=O) groups is 1. The number of aromatic nitrogens is 2. The Labute approximate surface area is 230 Å². The first-order valence-electron chi connectivity index (χ1n) is 12.1. The number of imidazole rings is 1. The van der Waals surface area contributed by atoms with E-state index in [0.717, 1.165) is 26.2 Å². The van der Waals surface area contributed by atoms with Crippen LogP contribution in [-0.2, 0) is 0 Å². The smallest absolute Gasteiger partial charge is 0.271 e. The molecule has 1 atom stereocenters. The fourth-order valence-corrected chi connectivity index (χ4v) is 4.75. The monoisotopic (exact) mass is 551 g/mol. The minimum absolute atomic E-state index is 0. The summed E-state index contributed by atoms with van der Waals surface area (Å²) in [4.78, 5) is 21.8. The summed E-state index contributed by atoms with van der Waals surface area (Å²) in [6.07, 6.45) is -0.693. The Hall–Kier alpha value is -2.65. The van der Waals surface area contributed by atoms with Crippen LogP contribution in [0.3, 0.4) is 0 Å². The van der Waals surface area contributed by atoms with Crippen LogP contribution in [0.2, 0.25) is 0 Å². The van der Waals surface area contributed by atoms with Gasteiger partial charge < -0.3 is 15.3 Å². The van der Waals surface area contributed by atoms with Crippen molar-refractivity contribution in [3.8, 4) is 5.69 Å². The topological polar surface area (TPSA) is 73.6 Å². The van der Waals surface area contributed by atoms with E-state index in [9.17, 15) is 14.3 Å². The van der Waals surface area contributed by atoms with Crippen molar-refractivity contribution in [1.82, 2.24) is 19.8 Å². The standard InChI is InChI=1S/C27H34FN5O2.2ClH/c1-18-8-7-11-24(19(18)2)32-14-12-31(13-15-32)17-22(34)16-29-27(35)26-20(3)33(21(4)30-26)25-10-6-5-9-23(25)28;;/h5-11,22,34H,12-17H2,1-4H3,(H,29,35);2*1H/t22-;;/m0../s1. The van der Waals surface area contributed by atoms with Crippen molar-refractivity contribution in [2.75, 3.05) is 44.2 Å². The van der Waals surface area contributed by atoms with E-state index in [1.165, 1.54) is 22.9 Å². The van der Waals surface area contributed by atoms with Gasteiger partial charge in [0, 0.05) is 45.0 Å². The lowest BCUT2D eigenvalue weighted by molar-refractivity contribution is 0.0847. The number of hydrogen-bond donors (Lipinski definition) is 2. The third-order valence-corrected chi connectivity index (χ3v) is 6.84. The number of hydrogen-bond acceptors (Lipinski definition) is 5. The first-order valence-corrected chi connectivity index (χ1v) is 12.1. The molecule has 2 N–H and O–H groups in total. The number of benzene rings is 2. The molecule has 0 spiro atoms. The number of rotatable bonds is 7. The first-order chi connectivity index (χ1) is 16.8. The van der Waals surface area contributed by atoms with Gasteiger partial charge in [-0.25, -0.2) is 9.37 Å². The van der Waals surface area contributed by atoms with E-state index in [-0.39, 0.29) is 48.8 Å². The number of aliphatic hydroxyl groups excluding tert-OH is 1. The van der Waals surface area contributed by atoms with Crippen molar-refractivity contribution in [3.63, 3.8) is 0 Å². The van der Waals surface area contributed by atoms with Gasteiger partial charge in [0.2, 0.25) is 0 Å². The Bertz CT molecular complexity index is 1210. The molecule has 1 aromatic heterocycles. The lowest BCUT2D eigenvalue weighted by Gasteiger charge is -2.37. The Balaban J connectivity index is 0.00000241. The van der Waals surface area contributed by atoms with Gasteiger partial charge in [-0.1, -0.05) is 24.3 Å². The van der Waals surface area contributed by atoms with E-state index in [1.54, 1.807) is 36.6 Å². The molecule has 2 heterocycles. The molecule has 7 nitrogen and oxygen atoms in total. The SMILES string of the molecule is Cc1cccc(N2CCN(C[C@@H](O)CNC(=O)c3nc(C)n(-c4ccccc4F)c3C)CC2)c1C.Cl.Cl. The molecule has 10 heteroatoms. The van der Waals surface area contributed by atoms with Gasteiger partial charge in [-0.2, -0.15) is 0 Å². The maximum Gasteiger partial charge on any atom is 0.271 e. The molecule has 2 aromatic carbocycles. The van der Waals surface area contributed by atoms with Crippen LogP contribution in [0.25, 0.3) is 5.69 Å². The van der Waals surface area contributed by atoms with Crippen LogP contribution in [0.15, 0.2) is 42.5 Å². The molecule has 1 amide bonds. The summed E-state index contributed by atoms with van der Waals surface area (Å²) in [7, 11) is 0. The molecule has 37 heavy (non-hydrogen) atoms. The van der Waals surface area contributed by atoms with Crippen LogP contribution in [-0.4, -0.2) is 70.8 Å². The fourth-order valence-electron chi connectivity index (χ4n) is 4.75. The number of carbonyl (C=O) groups excluding carboxylic acids is 1. The van der Waals surface area contributed by atoms with Crippen molar-refractivity contribution < 1.29 is 14.3 Å². The number of aryl methyl sites for hydroxylation is 2. The molecular weight excluding hydrogens is 516 g/mol. The molecular formula is C27H36Cl2FN5O2. The average Bonchev–Trinajstić information content (AvgIpc) is 3.14.